The van der Waals surface area contributed by atoms with Gasteiger partial charge in [-0.25, -0.2) is 0 Å². The minimum Gasteiger partial charge on any atom is -0.493 e. The van der Waals surface area contributed by atoms with Crippen LogP contribution >= 0.6 is 0 Å². The minimum absolute atomic E-state index is 0.744. The molecular formula is C21H34N6O2. The van der Waals surface area contributed by atoms with Crippen LogP contribution in [0.5, 0.6) is 11.5 Å². The predicted octanol–water partition coefficient (Wildman–Crippen LogP) is 2.44. The van der Waals surface area contributed by atoms with Gasteiger partial charge in [0.1, 0.15) is 12.2 Å². The Morgan fingerprint density at radius 1 is 1.10 bits per heavy atom. The lowest BCUT2D eigenvalue weighted by atomic mass is 10.1. The summed E-state index contributed by atoms with van der Waals surface area (Å²) in [5.74, 6) is 3.33. The first kappa shape index (κ1) is 22.5. The summed E-state index contributed by atoms with van der Waals surface area (Å²) in [4.78, 5) is 4.68. The van der Waals surface area contributed by atoms with E-state index in [1.807, 2.05) is 12.1 Å². The zero-order valence-corrected chi connectivity index (χ0v) is 18.1. The molecule has 1 heterocycles. The van der Waals surface area contributed by atoms with E-state index in [-0.39, 0.29) is 0 Å². The summed E-state index contributed by atoms with van der Waals surface area (Å²) >= 11 is 0. The molecule has 0 spiro atoms. The SMILES string of the molecule is CCCCN=C(NCCc1ccc(OC)c(OC)c1)NCCn1cnnc1CC. The van der Waals surface area contributed by atoms with Gasteiger partial charge in [-0.05, 0) is 30.5 Å². The van der Waals surface area contributed by atoms with Crippen LogP contribution in [0.25, 0.3) is 0 Å². The van der Waals surface area contributed by atoms with E-state index < -0.39 is 0 Å². The molecule has 0 amide bonds. The van der Waals surface area contributed by atoms with Crippen molar-refractivity contribution < 1.29 is 9.47 Å². The lowest BCUT2D eigenvalue weighted by Gasteiger charge is -2.14. The average molecular weight is 403 g/mol. The van der Waals surface area contributed by atoms with E-state index in [4.69, 9.17) is 9.47 Å². The van der Waals surface area contributed by atoms with Crippen molar-refractivity contribution in [2.75, 3.05) is 33.9 Å². The number of aromatic nitrogens is 3. The highest BCUT2D eigenvalue weighted by atomic mass is 16.5. The molecule has 0 bridgehead atoms. The van der Waals surface area contributed by atoms with Crippen LogP contribution in [-0.2, 0) is 19.4 Å². The van der Waals surface area contributed by atoms with Crippen LogP contribution in [0.15, 0.2) is 29.5 Å². The monoisotopic (exact) mass is 402 g/mol. The first-order chi connectivity index (χ1) is 14.2. The number of methoxy groups -OCH3 is 2. The maximum Gasteiger partial charge on any atom is 0.191 e. The fraction of sp³-hybridized carbons (Fsp3) is 0.571. The smallest absolute Gasteiger partial charge is 0.191 e. The molecule has 160 valence electrons. The van der Waals surface area contributed by atoms with Gasteiger partial charge in [-0.1, -0.05) is 26.3 Å². The number of aryl methyl sites for hydroxylation is 1. The summed E-state index contributed by atoms with van der Waals surface area (Å²) in [6.45, 7) is 7.42. The molecule has 8 nitrogen and oxygen atoms in total. The van der Waals surface area contributed by atoms with Gasteiger partial charge in [-0.3, -0.25) is 4.99 Å². The highest BCUT2D eigenvalue weighted by Crippen LogP contribution is 2.27. The van der Waals surface area contributed by atoms with Gasteiger partial charge in [0.05, 0.1) is 14.2 Å². The molecule has 0 unspecified atom stereocenters. The second kappa shape index (κ2) is 12.6. The third-order valence-electron chi connectivity index (χ3n) is 4.59. The zero-order valence-electron chi connectivity index (χ0n) is 18.1. The highest BCUT2D eigenvalue weighted by Gasteiger charge is 2.06. The predicted molar refractivity (Wildman–Crippen MR) is 116 cm³/mol. The maximum absolute atomic E-state index is 5.38. The van der Waals surface area contributed by atoms with E-state index in [1.165, 1.54) is 5.56 Å². The van der Waals surface area contributed by atoms with Gasteiger partial charge in [0.15, 0.2) is 17.5 Å². The van der Waals surface area contributed by atoms with Gasteiger partial charge in [0.25, 0.3) is 0 Å². The van der Waals surface area contributed by atoms with Crippen LogP contribution in [-0.4, -0.2) is 54.6 Å². The Kier molecular flexibility index (Phi) is 9.82. The molecule has 0 saturated carbocycles. The number of nitrogens with zero attached hydrogens (tertiary/aromatic N) is 4. The van der Waals surface area contributed by atoms with Crippen molar-refractivity contribution >= 4 is 5.96 Å². The van der Waals surface area contributed by atoms with Gasteiger partial charge >= 0.3 is 0 Å². The Labute approximate surface area is 173 Å². The number of hydrogen-bond donors (Lipinski definition) is 2. The second-order valence-corrected chi connectivity index (χ2v) is 6.67. The molecule has 0 radical (unpaired) electrons. The molecule has 0 aliphatic heterocycles. The highest BCUT2D eigenvalue weighted by molar-refractivity contribution is 5.79. The largest absolute Gasteiger partial charge is 0.493 e. The number of aliphatic imine (C=N–C) groups is 1. The Morgan fingerprint density at radius 3 is 2.62 bits per heavy atom. The lowest BCUT2D eigenvalue weighted by molar-refractivity contribution is 0.354. The van der Waals surface area contributed by atoms with Crippen LogP contribution in [0, 0.1) is 0 Å². The quantitative estimate of drug-likeness (QED) is 0.322. The number of unbranched alkanes of at least 4 members (excludes halogenated alkanes) is 1. The van der Waals surface area contributed by atoms with E-state index in [2.05, 4.69) is 50.3 Å². The van der Waals surface area contributed by atoms with E-state index in [0.29, 0.717) is 0 Å². The lowest BCUT2D eigenvalue weighted by Crippen LogP contribution is -2.40. The molecule has 0 atom stereocenters. The summed E-state index contributed by atoms with van der Waals surface area (Å²) in [5, 5.41) is 14.9. The first-order valence-electron chi connectivity index (χ1n) is 10.3. The summed E-state index contributed by atoms with van der Waals surface area (Å²) in [6, 6.07) is 6.01. The Balaban J connectivity index is 1.86. The standard InChI is InChI=1S/C21H34N6O2/c1-5-7-11-22-21(24-13-14-27-16-25-26-20(27)6-2)23-12-10-17-8-9-18(28-3)19(15-17)29-4/h8-9,15-16H,5-7,10-14H2,1-4H3,(H2,22,23,24). The summed E-state index contributed by atoms with van der Waals surface area (Å²) in [6.07, 6.45) is 5.72. The molecule has 1 aromatic heterocycles. The first-order valence-corrected chi connectivity index (χ1v) is 10.3. The summed E-state index contributed by atoms with van der Waals surface area (Å²) in [5.41, 5.74) is 1.18. The third-order valence-corrected chi connectivity index (χ3v) is 4.59. The van der Waals surface area contributed by atoms with E-state index in [0.717, 1.165) is 75.1 Å². The molecule has 29 heavy (non-hydrogen) atoms. The van der Waals surface area contributed by atoms with Crippen molar-refractivity contribution in [3.05, 3.63) is 35.9 Å². The molecule has 2 rings (SSSR count). The summed E-state index contributed by atoms with van der Waals surface area (Å²) < 4.78 is 12.8. The number of nitrogens with one attached hydrogen (secondary N) is 2. The Bertz CT molecular complexity index is 759. The van der Waals surface area contributed by atoms with Crippen molar-refractivity contribution in [2.45, 2.75) is 46.1 Å². The maximum atomic E-state index is 5.38. The molecular weight excluding hydrogens is 368 g/mol. The summed E-state index contributed by atoms with van der Waals surface area (Å²) in [7, 11) is 3.30. The van der Waals surface area contributed by atoms with E-state index >= 15 is 0 Å². The van der Waals surface area contributed by atoms with Crippen LogP contribution in [0.3, 0.4) is 0 Å². The third kappa shape index (κ3) is 7.29. The Hall–Kier alpha value is -2.77. The molecule has 2 aromatic rings. The van der Waals surface area contributed by atoms with Gasteiger partial charge in [0.2, 0.25) is 0 Å². The van der Waals surface area contributed by atoms with Gasteiger partial charge < -0.3 is 24.7 Å². The normalized spacial score (nSPS) is 11.4. The van der Waals surface area contributed by atoms with Gasteiger partial charge in [-0.2, -0.15) is 0 Å². The zero-order chi connectivity index (χ0) is 20.9. The molecule has 1 aromatic carbocycles. The van der Waals surface area contributed by atoms with Crippen LogP contribution in [0.1, 0.15) is 38.1 Å². The number of hydrogen-bond acceptors (Lipinski definition) is 5. The molecule has 0 aliphatic rings. The second-order valence-electron chi connectivity index (χ2n) is 6.67. The topological polar surface area (TPSA) is 85.6 Å². The van der Waals surface area contributed by atoms with Crippen LogP contribution in [0.2, 0.25) is 0 Å². The molecule has 2 N–H and O–H groups in total. The molecule has 0 aliphatic carbocycles. The fourth-order valence-corrected chi connectivity index (χ4v) is 2.92. The molecule has 8 heteroatoms. The minimum atomic E-state index is 0.744. The van der Waals surface area contributed by atoms with Crippen LogP contribution in [0.4, 0.5) is 0 Å². The van der Waals surface area contributed by atoms with Crippen molar-refractivity contribution in [3.8, 4) is 11.5 Å². The van der Waals surface area contributed by atoms with E-state index in [1.54, 1.807) is 20.5 Å². The van der Waals surface area contributed by atoms with Gasteiger partial charge in [0, 0.05) is 32.6 Å². The van der Waals surface area contributed by atoms with Crippen molar-refractivity contribution in [3.63, 3.8) is 0 Å². The number of benzene rings is 1. The van der Waals surface area contributed by atoms with Crippen molar-refractivity contribution in [2.24, 2.45) is 4.99 Å². The van der Waals surface area contributed by atoms with Crippen molar-refractivity contribution in [1.82, 2.24) is 25.4 Å². The number of rotatable bonds is 12. The number of guanidine groups is 1. The van der Waals surface area contributed by atoms with E-state index in [9.17, 15) is 0 Å². The van der Waals surface area contributed by atoms with Gasteiger partial charge in [-0.15, -0.1) is 10.2 Å². The average Bonchev–Trinajstić information content (AvgIpc) is 3.21. The molecule has 0 saturated heterocycles. The Morgan fingerprint density at radius 2 is 1.90 bits per heavy atom. The van der Waals surface area contributed by atoms with Crippen molar-refractivity contribution in [1.29, 1.82) is 0 Å². The molecule has 0 fully saturated rings. The fourth-order valence-electron chi connectivity index (χ4n) is 2.92. The number of ether oxygens (including phenoxy) is 2. The van der Waals surface area contributed by atoms with Crippen LogP contribution < -0.4 is 20.1 Å².